The summed E-state index contributed by atoms with van der Waals surface area (Å²) in [4.78, 5) is 0. The van der Waals surface area contributed by atoms with E-state index in [1.165, 1.54) is 6.42 Å². The van der Waals surface area contributed by atoms with Crippen molar-refractivity contribution in [1.29, 1.82) is 0 Å². The van der Waals surface area contributed by atoms with Crippen molar-refractivity contribution in [2.75, 3.05) is 0 Å². The molecular formula is C7H16ClN. The molecule has 2 heteroatoms. The van der Waals surface area contributed by atoms with Crippen LogP contribution in [-0.2, 0) is 0 Å². The Morgan fingerprint density at radius 2 is 1.67 bits per heavy atom. The minimum atomic E-state index is 0. The molecule has 0 saturated heterocycles. The van der Waals surface area contributed by atoms with Crippen molar-refractivity contribution in [2.24, 2.45) is 17.1 Å². The highest BCUT2D eigenvalue weighted by atomic mass is 35.5. The van der Waals surface area contributed by atoms with Gasteiger partial charge in [-0.2, -0.15) is 0 Å². The average Bonchev–Trinajstić information content (AvgIpc) is 2.13. The molecule has 1 aliphatic carbocycles. The van der Waals surface area contributed by atoms with Crippen molar-refractivity contribution in [1.82, 2.24) is 0 Å². The van der Waals surface area contributed by atoms with Crippen LogP contribution in [0.2, 0.25) is 0 Å². The van der Waals surface area contributed by atoms with Crippen molar-refractivity contribution in [2.45, 2.75) is 33.2 Å². The minimum absolute atomic E-state index is 0. The van der Waals surface area contributed by atoms with Crippen LogP contribution in [0.15, 0.2) is 0 Å². The average molecular weight is 150 g/mol. The molecule has 0 amide bonds. The van der Waals surface area contributed by atoms with Gasteiger partial charge >= 0.3 is 0 Å². The first-order valence-corrected chi connectivity index (χ1v) is 3.27. The number of hydrogen-bond donors (Lipinski definition) is 1. The maximum absolute atomic E-state index is 5.65. The van der Waals surface area contributed by atoms with Crippen LogP contribution in [0, 0.1) is 11.3 Å². The molecule has 0 spiro atoms. The van der Waals surface area contributed by atoms with Crippen LogP contribution in [0.25, 0.3) is 0 Å². The summed E-state index contributed by atoms with van der Waals surface area (Å²) in [6.07, 6.45) is 1.24. The Hall–Kier alpha value is 0.250. The molecule has 1 aliphatic rings. The molecule has 0 bridgehead atoms. The van der Waals surface area contributed by atoms with Gasteiger partial charge in [0.05, 0.1) is 0 Å². The molecule has 2 N–H and O–H groups in total. The fraction of sp³-hybridized carbons (Fsp3) is 1.00. The minimum Gasteiger partial charge on any atom is -0.327 e. The molecule has 1 nitrogen and oxygen atoms in total. The lowest BCUT2D eigenvalue weighted by Crippen LogP contribution is -2.14. The molecule has 1 saturated carbocycles. The zero-order chi connectivity index (χ0) is 6.36. The van der Waals surface area contributed by atoms with Gasteiger partial charge in [0.25, 0.3) is 0 Å². The Morgan fingerprint density at radius 1 is 1.33 bits per heavy atom. The monoisotopic (exact) mass is 149 g/mol. The topological polar surface area (TPSA) is 26.0 Å². The third-order valence-corrected chi connectivity index (χ3v) is 1.95. The largest absolute Gasteiger partial charge is 0.327 e. The van der Waals surface area contributed by atoms with Gasteiger partial charge in [-0.05, 0) is 17.8 Å². The van der Waals surface area contributed by atoms with Crippen LogP contribution in [0.4, 0.5) is 0 Å². The van der Waals surface area contributed by atoms with E-state index in [4.69, 9.17) is 5.73 Å². The van der Waals surface area contributed by atoms with Crippen LogP contribution in [0.5, 0.6) is 0 Å². The summed E-state index contributed by atoms with van der Waals surface area (Å²) in [5.74, 6) is 0.794. The molecule has 1 fully saturated rings. The van der Waals surface area contributed by atoms with Crippen molar-refractivity contribution in [3.8, 4) is 0 Å². The van der Waals surface area contributed by atoms with E-state index in [9.17, 15) is 0 Å². The van der Waals surface area contributed by atoms with Crippen LogP contribution >= 0.6 is 12.4 Å². The van der Waals surface area contributed by atoms with Crippen molar-refractivity contribution in [3.05, 3.63) is 0 Å². The summed E-state index contributed by atoms with van der Waals surface area (Å²) in [6, 6.07) is 0.509. The van der Waals surface area contributed by atoms with Gasteiger partial charge < -0.3 is 5.73 Å². The predicted octanol–water partition coefficient (Wildman–Crippen LogP) is 1.80. The standard InChI is InChI=1S/C7H15N.ClH/c1-7(2,3)5-4-6(5)8;/h5-6H,4,8H2,1-3H3;1H. The quantitative estimate of drug-likeness (QED) is 0.559. The maximum Gasteiger partial charge on any atom is 0.00761 e. The van der Waals surface area contributed by atoms with Gasteiger partial charge in [0, 0.05) is 6.04 Å². The van der Waals surface area contributed by atoms with E-state index < -0.39 is 0 Å². The molecule has 1 rings (SSSR count). The van der Waals surface area contributed by atoms with Gasteiger partial charge in [-0.15, -0.1) is 12.4 Å². The Bertz CT molecular complexity index is 95.6. The fourth-order valence-electron chi connectivity index (χ4n) is 1.21. The Kier molecular flexibility index (Phi) is 2.54. The molecule has 0 aliphatic heterocycles. The molecular weight excluding hydrogens is 134 g/mol. The third-order valence-electron chi connectivity index (χ3n) is 1.95. The van der Waals surface area contributed by atoms with E-state index in [2.05, 4.69) is 20.8 Å². The van der Waals surface area contributed by atoms with Crippen molar-refractivity contribution in [3.63, 3.8) is 0 Å². The molecule has 56 valence electrons. The molecule has 9 heavy (non-hydrogen) atoms. The summed E-state index contributed by atoms with van der Waals surface area (Å²) in [5, 5.41) is 0. The lowest BCUT2D eigenvalue weighted by Gasteiger charge is -2.16. The highest BCUT2D eigenvalue weighted by molar-refractivity contribution is 5.85. The molecule has 0 heterocycles. The van der Waals surface area contributed by atoms with Crippen LogP contribution < -0.4 is 5.73 Å². The van der Waals surface area contributed by atoms with Gasteiger partial charge in [-0.25, -0.2) is 0 Å². The van der Waals surface area contributed by atoms with Gasteiger partial charge in [0.1, 0.15) is 0 Å². The van der Waals surface area contributed by atoms with Crippen LogP contribution in [-0.4, -0.2) is 6.04 Å². The summed E-state index contributed by atoms with van der Waals surface area (Å²) in [5.41, 5.74) is 6.11. The van der Waals surface area contributed by atoms with E-state index >= 15 is 0 Å². The van der Waals surface area contributed by atoms with Gasteiger partial charge in [-0.1, -0.05) is 20.8 Å². The molecule has 2 unspecified atom stereocenters. The SMILES string of the molecule is CC(C)(C)C1CC1N.Cl. The highest BCUT2D eigenvalue weighted by Crippen LogP contribution is 2.43. The first kappa shape index (κ1) is 9.25. The van der Waals surface area contributed by atoms with Gasteiger partial charge in [0.2, 0.25) is 0 Å². The zero-order valence-corrected chi connectivity index (χ0v) is 7.16. The molecule has 2 atom stereocenters. The number of hydrogen-bond acceptors (Lipinski definition) is 1. The van der Waals surface area contributed by atoms with Crippen LogP contribution in [0.3, 0.4) is 0 Å². The summed E-state index contributed by atoms with van der Waals surface area (Å²) in [7, 11) is 0. The highest BCUT2D eigenvalue weighted by Gasteiger charge is 2.42. The number of nitrogens with two attached hydrogens (primary N) is 1. The Labute approximate surface area is 63.4 Å². The molecule has 0 aromatic heterocycles. The Balaban J connectivity index is 0.000000640. The zero-order valence-electron chi connectivity index (χ0n) is 6.35. The predicted molar refractivity (Wildman–Crippen MR) is 42.8 cm³/mol. The maximum atomic E-state index is 5.65. The number of halogens is 1. The Morgan fingerprint density at radius 3 is 1.67 bits per heavy atom. The van der Waals surface area contributed by atoms with Crippen LogP contribution in [0.1, 0.15) is 27.2 Å². The first-order chi connectivity index (χ1) is 3.52. The van der Waals surface area contributed by atoms with Gasteiger partial charge in [-0.3, -0.25) is 0 Å². The lowest BCUT2D eigenvalue weighted by molar-refractivity contribution is 0.343. The molecule has 0 radical (unpaired) electrons. The second kappa shape index (κ2) is 2.47. The fourth-order valence-corrected chi connectivity index (χ4v) is 1.21. The van der Waals surface area contributed by atoms with Crippen molar-refractivity contribution >= 4 is 12.4 Å². The second-order valence-electron chi connectivity index (χ2n) is 3.87. The first-order valence-electron chi connectivity index (χ1n) is 3.27. The molecule has 0 aromatic rings. The smallest absolute Gasteiger partial charge is 0.00761 e. The van der Waals surface area contributed by atoms with E-state index in [-0.39, 0.29) is 12.4 Å². The third kappa shape index (κ3) is 2.15. The van der Waals surface area contributed by atoms with E-state index in [0.717, 1.165) is 5.92 Å². The summed E-state index contributed by atoms with van der Waals surface area (Å²) >= 11 is 0. The van der Waals surface area contributed by atoms with E-state index in [0.29, 0.717) is 11.5 Å². The summed E-state index contributed by atoms with van der Waals surface area (Å²) in [6.45, 7) is 6.76. The number of rotatable bonds is 0. The normalized spacial score (nSPS) is 33.3. The summed E-state index contributed by atoms with van der Waals surface area (Å²) < 4.78 is 0. The van der Waals surface area contributed by atoms with Gasteiger partial charge in [0.15, 0.2) is 0 Å². The second-order valence-corrected chi connectivity index (χ2v) is 3.87. The van der Waals surface area contributed by atoms with E-state index in [1.54, 1.807) is 0 Å². The lowest BCUT2D eigenvalue weighted by atomic mass is 9.90. The van der Waals surface area contributed by atoms with E-state index in [1.807, 2.05) is 0 Å². The van der Waals surface area contributed by atoms with Crippen molar-refractivity contribution < 1.29 is 0 Å². The molecule has 0 aromatic carbocycles.